The van der Waals surface area contributed by atoms with E-state index in [0.29, 0.717) is 24.3 Å². The van der Waals surface area contributed by atoms with E-state index in [1.165, 1.54) is 108 Å². The summed E-state index contributed by atoms with van der Waals surface area (Å²) in [6.45, 7) is 3.83. The van der Waals surface area contributed by atoms with Crippen LogP contribution in [-0.4, -0.2) is 29.1 Å². The van der Waals surface area contributed by atoms with Gasteiger partial charge < -0.3 is 14.6 Å². The number of hydrogen-bond donors (Lipinski definition) is 1. The van der Waals surface area contributed by atoms with Crippen LogP contribution in [-0.2, 0) is 13.0 Å². The molecule has 40 heavy (non-hydrogen) atoms. The van der Waals surface area contributed by atoms with Gasteiger partial charge in [0, 0.05) is 25.1 Å². The van der Waals surface area contributed by atoms with E-state index in [4.69, 9.17) is 9.72 Å². The van der Waals surface area contributed by atoms with Gasteiger partial charge >= 0.3 is 0 Å². The van der Waals surface area contributed by atoms with Crippen LogP contribution in [0, 0.1) is 0 Å². The number of aryl methyl sites for hydroxylation is 1. The molecule has 3 rings (SSSR count). The first kappa shape index (κ1) is 31.7. The van der Waals surface area contributed by atoms with Crippen LogP contribution in [0.15, 0.2) is 48.5 Å². The Morgan fingerprint density at radius 1 is 0.775 bits per heavy atom. The third kappa shape index (κ3) is 11.3. The van der Waals surface area contributed by atoms with Crippen LogP contribution in [0.1, 0.15) is 126 Å². The van der Waals surface area contributed by atoms with Gasteiger partial charge in [-0.2, -0.15) is 0 Å². The minimum Gasteiger partial charge on any atom is -0.497 e. The number of ether oxygens (including phenoxy) is 1. The molecule has 1 heterocycles. The van der Waals surface area contributed by atoms with Crippen LogP contribution in [0.3, 0.4) is 0 Å². The first-order valence-electron chi connectivity index (χ1n) is 16.1. The summed E-state index contributed by atoms with van der Waals surface area (Å²) in [7, 11) is 1.61. The lowest BCUT2D eigenvalue weighted by Crippen LogP contribution is -2.26. The smallest absolute Gasteiger partial charge is 0.251 e. The van der Waals surface area contributed by atoms with E-state index < -0.39 is 0 Å². The zero-order chi connectivity index (χ0) is 28.3. The molecule has 5 heteroatoms. The van der Waals surface area contributed by atoms with Gasteiger partial charge in [-0.1, -0.05) is 121 Å². The summed E-state index contributed by atoms with van der Waals surface area (Å²) >= 11 is 0. The molecule has 1 amide bonds. The standard InChI is InChI=1S/C35H53N3O2/c1-3-4-5-6-7-8-9-10-11-12-13-14-15-16-17-20-28-38-33-25-19-18-24-32(33)37-34(38)26-27-36-35(39)30-22-21-23-31(29-30)40-2/h18-19,21-25,29H,3-17,20,26-28H2,1-2H3,(H,36,39). The molecule has 0 spiro atoms. The topological polar surface area (TPSA) is 56.2 Å². The molecule has 1 aromatic heterocycles. The van der Waals surface area contributed by atoms with Gasteiger partial charge in [-0.25, -0.2) is 4.98 Å². The summed E-state index contributed by atoms with van der Waals surface area (Å²) < 4.78 is 7.60. The van der Waals surface area contributed by atoms with Crippen LogP contribution in [0.2, 0.25) is 0 Å². The van der Waals surface area contributed by atoms with E-state index >= 15 is 0 Å². The monoisotopic (exact) mass is 547 g/mol. The summed E-state index contributed by atoms with van der Waals surface area (Å²) in [5, 5.41) is 3.05. The highest BCUT2D eigenvalue weighted by atomic mass is 16.5. The van der Waals surface area contributed by atoms with E-state index in [2.05, 4.69) is 35.0 Å². The maximum Gasteiger partial charge on any atom is 0.251 e. The third-order valence-corrected chi connectivity index (χ3v) is 7.93. The van der Waals surface area contributed by atoms with Crippen molar-refractivity contribution < 1.29 is 9.53 Å². The predicted molar refractivity (Wildman–Crippen MR) is 168 cm³/mol. The van der Waals surface area contributed by atoms with Crippen molar-refractivity contribution in [2.45, 2.75) is 123 Å². The van der Waals surface area contributed by atoms with Crippen molar-refractivity contribution in [2.24, 2.45) is 0 Å². The molecule has 0 saturated heterocycles. The summed E-state index contributed by atoms with van der Waals surface area (Å²) in [6, 6.07) is 15.6. The Balaban J connectivity index is 1.30. The number of benzene rings is 2. The quantitative estimate of drug-likeness (QED) is 0.128. The van der Waals surface area contributed by atoms with Gasteiger partial charge in [0.15, 0.2) is 0 Å². The number of rotatable bonds is 22. The van der Waals surface area contributed by atoms with Crippen LogP contribution >= 0.6 is 0 Å². The van der Waals surface area contributed by atoms with Gasteiger partial charge in [0.1, 0.15) is 11.6 Å². The van der Waals surface area contributed by atoms with Gasteiger partial charge in [0.05, 0.1) is 18.1 Å². The molecule has 0 saturated carbocycles. The van der Waals surface area contributed by atoms with Crippen LogP contribution in [0.5, 0.6) is 5.75 Å². The normalized spacial score (nSPS) is 11.2. The largest absolute Gasteiger partial charge is 0.497 e. The fourth-order valence-corrected chi connectivity index (χ4v) is 5.54. The Morgan fingerprint density at radius 2 is 1.38 bits per heavy atom. The number of imidazole rings is 1. The molecule has 0 fully saturated rings. The zero-order valence-corrected chi connectivity index (χ0v) is 25.3. The van der Waals surface area contributed by atoms with Crippen LogP contribution in [0.25, 0.3) is 11.0 Å². The Kier molecular flexibility index (Phi) is 15.3. The van der Waals surface area contributed by atoms with Crippen LogP contribution < -0.4 is 10.1 Å². The Hall–Kier alpha value is -2.82. The number of para-hydroxylation sites is 2. The molecule has 0 atom stereocenters. The zero-order valence-electron chi connectivity index (χ0n) is 25.3. The maximum atomic E-state index is 12.6. The highest BCUT2D eigenvalue weighted by Gasteiger charge is 2.12. The maximum absolute atomic E-state index is 12.6. The number of hydrogen-bond acceptors (Lipinski definition) is 3. The second-order valence-corrected chi connectivity index (χ2v) is 11.2. The molecule has 0 unspecified atom stereocenters. The van der Waals surface area contributed by atoms with Gasteiger partial charge in [-0.05, 0) is 36.8 Å². The molecule has 220 valence electrons. The van der Waals surface area contributed by atoms with E-state index in [0.717, 1.165) is 17.9 Å². The van der Waals surface area contributed by atoms with E-state index in [9.17, 15) is 4.79 Å². The van der Waals surface area contributed by atoms with Crippen molar-refractivity contribution in [2.75, 3.05) is 13.7 Å². The van der Waals surface area contributed by atoms with Crippen LogP contribution in [0.4, 0.5) is 0 Å². The minimum absolute atomic E-state index is 0.0839. The van der Waals surface area contributed by atoms with Gasteiger partial charge in [0.2, 0.25) is 0 Å². The number of fused-ring (bicyclic) bond motifs is 1. The fraction of sp³-hybridized carbons (Fsp3) is 0.600. The molecule has 5 nitrogen and oxygen atoms in total. The highest BCUT2D eigenvalue weighted by molar-refractivity contribution is 5.94. The summed E-state index contributed by atoms with van der Waals surface area (Å²) in [4.78, 5) is 17.5. The lowest BCUT2D eigenvalue weighted by molar-refractivity contribution is 0.0953. The number of aromatic nitrogens is 2. The number of nitrogens with one attached hydrogen (secondary N) is 1. The number of methoxy groups -OCH3 is 1. The highest BCUT2D eigenvalue weighted by Crippen LogP contribution is 2.19. The van der Waals surface area contributed by atoms with Crippen molar-refractivity contribution in [1.82, 2.24) is 14.9 Å². The molecule has 0 bridgehead atoms. The number of carbonyl (C=O) groups excluding carboxylic acids is 1. The van der Waals surface area contributed by atoms with Gasteiger partial charge in [-0.15, -0.1) is 0 Å². The summed E-state index contributed by atoms with van der Waals surface area (Å²) in [5.74, 6) is 1.65. The average Bonchev–Trinajstić information content (AvgIpc) is 3.34. The van der Waals surface area contributed by atoms with Gasteiger partial charge in [-0.3, -0.25) is 4.79 Å². The first-order chi connectivity index (χ1) is 19.7. The molecule has 1 N–H and O–H groups in total. The van der Waals surface area contributed by atoms with Crippen molar-refractivity contribution in [3.8, 4) is 5.75 Å². The van der Waals surface area contributed by atoms with Gasteiger partial charge in [0.25, 0.3) is 5.91 Å². The lowest BCUT2D eigenvalue weighted by Gasteiger charge is -2.10. The molecule has 2 aromatic carbocycles. The summed E-state index contributed by atoms with van der Waals surface area (Å²) in [6.07, 6.45) is 22.8. The SMILES string of the molecule is CCCCCCCCCCCCCCCCCCn1c(CCNC(=O)c2cccc(OC)c2)nc2ccccc21. The second kappa shape index (κ2) is 19.3. The molecule has 0 aliphatic rings. The van der Waals surface area contributed by atoms with Crippen molar-refractivity contribution in [3.05, 3.63) is 59.9 Å². The number of amides is 1. The molecular weight excluding hydrogens is 494 g/mol. The molecule has 0 aliphatic carbocycles. The second-order valence-electron chi connectivity index (χ2n) is 11.2. The minimum atomic E-state index is -0.0839. The van der Waals surface area contributed by atoms with E-state index in [1.54, 1.807) is 13.2 Å². The Bertz CT molecular complexity index is 1110. The van der Waals surface area contributed by atoms with E-state index in [1.807, 2.05) is 24.3 Å². The fourth-order valence-electron chi connectivity index (χ4n) is 5.54. The average molecular weight is 548 g/mol. The van der Waals surface area contributed by atoms with Crippen molar-refractivity contribution in [3.63, 3.8) is 0 Å². The molecule has 0 aliphatic heterocycles. The molecule has 3 aromatic rings. The number of carbonyl (C=O) groups is 1. The molecule has 0 radical (unpaired) electrons. The van der Waals surface area contributed by atoms with E-state index in [-0.39, 0.29) is 5.91 Å². The number of unbranched alkanes of at least 4 members (excludes halogenated alkanes) is 15. The van der Waals surface area contributed by atoms with Crippen molar-refractivity contribution >= 4 is 16.9 Å². The third-order valence-electron chi connectivity index (χ3n) is 7.93. The first-order valence-corrected chi connectivity index (χ1v) is 16.1. The van der Waals surface area contributed by atoms with Crippen molar-refractivity contribution in [1.29, 1.82) is 0 Å². The Morgan fingerprint density at radius 3 is 2.00 bits per heavy atom. The number of nitrogens with zero attached hydrogens (tertiary/aromatic N) is 2. The predicted octanol–water partition coefficient (Wildman–Crippen LogP) is 9.28. The Labute approximate surface area is 243 Å². The summed E-state index contributed by atoms with van der Waals surface area (Å²) in [5.41, 5.74) is 2.84. The lowest BCUT2D eigenvalue weighted by atomic mass is 10.0. The molecular formula is C35H53N3O2.